The number of nitrogens with two attached hydrogens (primary N) is 1. The number of β-amino-alcohol motifs (C(OH)–C–C–N with tert-alkyl or cyclic N) is 1. The molecule has 2 aliphatic rings. The average molecular weight is 470 g/mol. The summed E-state index contributed by atoms with van der Waals surface area (Å²) >= 11 is 0. The van der Waals surface area contributed by atoms with Gasteiger partial charge in [-0.25, -0.2) is 0 Å². The van der Waals surface area contributed by atoms with Crippen LogP contribution in [-0.4, -0.2) is 96.3 Å². The van der Waals surface area contributed by atoms with Gasteiger partial charge in [0.15, 0.2) is 5.76 Å². The molecule has 0 bridgehead atoms. The zero-order chi connectivity index (χ0) is 23.9. The number of fused-ring (bicyclic) bond motifs is 1. The fourth-order valence-corrected chi connectivity index (χ4v) is 4.54. The van der Waals surface area contributed by atoms with Gasteiger partial charge in [-0.3, -0.25) is 9.69 Å². The monoisotopic (exact) mass is 469 g/mol. The Hall–Kier alpha value is -3.25. The molecule has 34 heavy (non-hydrogen) atoms. The Bertz CT molecular complexity index is 1150. The summed E-state index contributed by atoms with van der Waals surface area (Å²) in [6.45, 7) is 8.14. The minimum absolute atomic E-state index is 0.0759. The third-order valence-corrected chi connectivity index (χ3v) is 7.04. The van der Waals surface area contributed by atoms with Crippen molar-refractivity contribution >= 4 is 23.6 Å². The molecule has 0 aromatic carbocycles. The number of carbonyl (C=O) groups excluding carboxylic acids is 1. The number of anilines is 2. The molecule has 2 fully saturated rings. The molecule has 12 nitrogen and oxygen atoms in total. The fourth-order valence-electron chi connectivity index (χ4n) is 4.54. The van der Waals surface area contributed by atoms with Crippen molar-refractivity contribution in [3.05, 3.63) is 18.4 Å². The predicted molar refractivity (Wildman–Crippen MR) is 125 cm³/mol. The number of nitrogens with zero attached hydrogens (tertiary/aromatic N) is 8. The lowest BCUT2D eigenvalue weighted by molar-refractivity contribution is -0.136. The second-order valence-electron chi connectivity index (χ2n) is 9.04. The first kappa shape index (κ1) is 22.5. The highest BCUT2D eigenvalue weighted by Gasteiger charge is 2.40. The standard InChI is InChI=1S/C22H31N9O3/c1-3-22(33,4-2)14-28-9-11-29(12-10-28)18(32)15-7-8-30(15)20-25-19(23)31-21(26-20)24-17(27-31)16-6-5-13-34-16/h5-6,13,15,33H,3-4,7-12,14H2,1-2H3,(H2,23,24,25,26,27)/t15-/m0/s1. The summed E-state index contributed by atoms with van der Waals surface area (Å²) in [5.74, 6) is 1.79. The quantitative estimate of drug-likeness (QED) is 0.506. The van der Waals surface area contributed by atoms with E-state index in [1.54, 1.807) is 18.4 Å². The van der Waals surface area contributed by atoms with Gasteiger partial charge in [0.2, 0.25) is 23.6 Å². The summed E-state index contributed by atoms with van der Waals surface area (Å²) < 4.78 is 6.72. The van der Waals surface area contributed by atoms with Crippen molar-refractivity contribution in [3.8, 4) is 11.6 Å². The molecule has 182 valence electrons. The van der Waals surface area contributed by atoms with Crippen molar-refractivity contribution in [2.24, 2.45) is 0 Å². The summed E-state index contributed by atoms with van der Waals surface area (Å²) in [5.41, 5.74) is 5.46. The molecule has 0 aliphatic carbocycles. The minimum atomic E-state index is -0.661. The topological polar surface area (TPSA) is 142 Å². The van der Waals surface area contributed by atoms with Crippen LogP contribution >= 0.6 is 0 Å². The van der Waals surface area contributed by atoms with Gasteiger partial charge in [0, 0.05) is 39.3 Å². The van der Waals surface area contributed by atoms with Crippen molar-refractivity contribution in [1.82, 2.24) is 34.4 Å². The van der Waals surface area contributed by atoms with Gasteiger partial charge in [0.25, 0.3) is 5.78 Å². The van der Waals surface area contributed by atoms with E-state index in [0.717, 1.165) is 32.4 Å². The van der Waals surface area contributed by atoms with Gasteiger partial charge in [0.05, 0.1) is 11.9 Å². The number of aromatic nitrogens is 5. The maximum absolute atomic E-state index is 13.3. The SMILES string of the molecule is CCC(O)(CC)CN1CCN(C(=O)[C@@H]2CCN2c2nc(N)n3nc(-c4ccco4)nc3n2)CC1. The largest absolute Gasteiger partial charge is 0.461 e. The predicted octanol–water partition coefficient (Wildman–Crippen LogP) is 0.636. The molecule has 1 atom stereocenters. The van der Waals surface area contributed by atoms with Gasteiger partial charge in [0.1, 0.15) is 6.04 Å². The molecule has 3 N–H and O–H groups in total. The van der Waals surface area contributed by atoms with E-state index in [4.69, 9.17) is 10.2 Å². The molecular formula is C22H31N9O3. The Morgan fingerprint density at radius 3 is 2.56 bits per heavy atom. The molecule has 3 aromatic rings. The number of amides is 1. The van der Waals surface area contributed by atoms with E-state index in [9.17, 15) is 9.90 Å². The number of carbonyl (C=O) groups is 1. The second kappa shape index (κ2) is 8.84. The van der Waals surface area contributed by atoms with Crippen LogP contribution in [0, 0.1) is 0 Å². The Morgan fingerprint density at radius 1 is 1.18 bits per heavy atom. The lowest BCUT2D eigenvalue weighted by Gasteiger charge is -2.44. The van der Waals surface area contributed by atoms with Crippen LogP contribution in [0.1, 0.15) is 33.1 Å². The van der Waals surface area contributed by atoms with Crippen molar-refractivity contribution in [2.45, 2.75) is 44.8 Å². The van der Waals surface area contributed by atoms with Crippen LogP contribution in [0.3, 0.4) is 0 Å². The van der Waals surface area contributed by atoms with E-state index in [1.807, 2.05) is 23.6 Å². The lowest BCUT2D eigenvalue weighted by Crippen LogP contribution is -2.61. The molecule has 12 heteroatoms. The van der Waals surface area contributed by atoms with Gasteiger partial charge >= 0.3 is 0 Å². The molecular weight excluding hydrogens is 438 g/mol. The van der Waals surface area contributed by atoms with Crippen LogP contribution < -0.4 is 10.6 Å². The van der Waals surface area contributed by atoms with Crippen LogP contribution in [0.15, 0.2) is 22.8 Å². The van der Waals surface area contributed by atoms with Gasteiger partial charge in [-0.2, -0.15) is 19.5 Å². The lowest BCUT2D eigenvalue weighted by atomic mass is 9.96. The van der Waals surface area contributed by atoms with E-state index in [0.29, 0.717) is 49.5 Å². The summed E-state index contributed by atoms with van der Waals surface area (Å²) in [4.78, 5) is 32.6. The van der Waals surface area contributed by atoms with Crippen molar-refractivity contribution in [3.63, 3.8) is 0 Å². The maximum atomic E-state index is 13.3. The van der Waals surface area contributed by atoms with Crippen molar-refractivity contribution in [1.29, 1.82) is 0 Å². The number of aliphatic hydroxyl groups is 1. The molecule has 2 saturated heterocycles. The van der Waals surface area contributed by atoms with E-state index in [2.05, 4.69) is 25.0 Å². The third kappa shape index (κ3) is 4.07. The zero-order valence-electron chi connectivity index (χ0n) is 19.6. The van der Waals surface area contributed by atoms with E-state index >= 15 is 0 Å². The highest BCUT2D eigenvalue weighted by Crippen LogP contribution is 2.27. The maximum Gasteiger partial charge on any atom is 0.259 e. The first-order valence-corrected chi connectivity index (χ1v) is 11.8. The smallest absolute Gasteiger partial charge is 0.259 e. The minimum Gasteiger partial charge on any atom is -0.461 e. The summed E-state index contributed by atoms with van der Waals surface area (Å²) in [7, 11) is 0. The van der Waals surface area contributed by atoms with E-state index < -0.39 is 5.60 Å². The molecule has 1 amide bonds. The normalized spacial score (nSPS) is 19.6. The molecule has 0 radical (unpaired) electrons. The summed E-state index contributed by atoms with van der Waals surface area (Å²) in [5, 5.41) is 15.0. The van der Waals surface area contributed by atoms with Crippen LogP contribution in [0.4, 0.5) is 11.9 Å². The average Bonchev–Trinajstić information content (AvgIpc) is 3.49. The first-order chi connectivity index (χ1) is 16.4. The second-order valence-corrected chi connectivity index (χ2v) is 9.04. The van der Waals surface area contributed by atoms with Gasteiger partial charge in [-0.1, -0.05) is 13.8 Å². The van der Waals surface area contributed by atoms with Crippen LogP contribution in [0.5, 0.6) is 0 Å². The Morgan fingerprint density at radius 2 is 1.94 bits per heavy atom. The van der Waals surface area contributed by atoms with Crippen LogP contribution in [0.25, 0.3) is 17.4 Å². The Labute approximate surface area is 197 Å². The molecule has 0 saturated carbocycles. The molecule has 3 aromatic heterocycles. The number of rotatable bonds is 7. The highest BCUT2D eigenvalue weighted by atomic mass is 16.3. The van der Waals surface area contributed by atoms with Crippen molar-refractivity contribution < 1.29 is 14.3 Å². The fraction of sp³-hybridized carbons (Fsp3) is 0.591. The number of hydrogen-bond acceptors (Lipinski definition) is 10. The van der Waals surface area contributed by atoms with Gasteiger partial charge in [-0.15, -0.1) is 5.10 Å². The van der Waals surface area contributed by atoms with E-state index in [-0.39, 0.29) is 17.9 Å². The van der Waals surface area contributed by atoms with Crippen LogP contribution in [0.2, 0.25) is 0 Å². The summed E-state index contributed by atoms with van der Waals surface area (Å²) in [6.07, 6.45) is 3.74. The summed E-state index contributed by atoms with van der Waals surface area (Å²) in [6, 6.07) is 3.20. The number of furan rings is 1. The molecule has 0 spiro atoms. The first-order valence-electron chi connectivity index (χ1n) is 11.8. The van der Waals surface area contributed by atoms with E-state index in [1.165, 1.54) is 4.52 Å². The Kier molecular flexibility index (Phi) is 5.86. The zero-order valence-corrected chi connectivity index (χ0v) is 19.6. The molecule has 5 rings (SSSR count). The number of hydrogen-bond donors (Lipinski definition) is 2. The number of piperazine rings is 1. The molecule has 0 unspecified atom stereocenters. The van der Waals surface area contributed by atoms with Crippen LogP contribution in [-0.2, 0) is 4.79 Å². The van der Waals surface area contributed by atoms with Gasteiger partial charge < -0.3 is 25.1 Å². The Balaban J connectivity index is 1.26. The highest BCUT2D eigenvalue weighted by molar-refractivity contribution is 5.86. The van der Waals surface area contributed by atoms with Gasteiger partial charge in [-0.05, 0) is 31.4 Å². The van der Waals surface area contributed by atoms with Crippen molar-refractivity contribution in [2.75, 3.05) is 49.9 Å². The molecule has 5 heterocycles. The molecule has 2 aliphatic heterocycles. The third-order valence-electron chi connectivity index (χ3n) is 7.04. The number of nitrogen functional groups attached to an aromatic ring is 1.